The molecule has 1 unspecified atom stereocenters. The van der Waals surface area contributed by atoms with Crippen LogP contribution in [0.1, 0.15) is 49.1 Å². The van der Waals surface area contributed by atoms with Gasteiger partial charge in [-0.2, -0.15) is 0 Å². The number of hydrogen-bond acceptors (Lipinski definition) is 6. The maximum atomic E-state index is 13.2. The van der Waals surface area contributed by atoms with Crippen molar-refractivity contribution in [2.75, 3.05) is 7.11 Å². The lowest BCUT2D eigenvalue weighted by molar-refractivity contribution is -0.140. The van der Waals surface area contributed by atoms with E-state index in [9.17, 15) is 14.7 Å². The van der Waals surface area contributed by atoms with Crippen molar-refractivity contribution in [2.24, 2.45) is 0 Å². The van der Waals surface area contributed by atoms with Crippen LogP contribution in [-0.2, 0) is 21.5 Å². The van der Waals surface area contributed by atoms with Gasteiger partial charge in [-0.3, -0.25) is 19.6 Å². The summed E-state index contributed by atoms with van der Waals surface area (Å²) in [6.45, 7) is 6.30. The number of aliphatic hydroxyl groups is 1. The van der Waals surface area contributed by atoms with Crippen molar-refractivity contribution < 1.29 is 19.4 Å². The van der Waals surface area contributed by atoms with Crippen molar-refractivity contribution in [3.63, 3.8) is 0 Å². The summed E-state index contributed by atoms with van der Waals surface area (Å²) in [5.41, 5.74) is 2.57. The largest absolute Gasteiger partial charge is 0.507 e. The van der Waals surface area contributed by atoms with Gasteiger partial charge in [-0.15, -0.1) is 0 Å². The highest BCUT2D eigenvalue weighted by Crippen LogP contribution is 2.41. The predicted molar refractivity (Wildman–Crippen MR) is 128 cm³/mol. The van der Waals surface area contributed by atoms with Gasteiger partial charge in [-0.25, -0.2) is 0 Å². The van der Waals surface area contributed by atoms with Crippen molar-refractivity contribution in [1.29, 1.82) is 0 Å². The molecule has 3 aromatic rings. The summed E-state index contributed by atoms with van der Waals surface area (Å²) in [6.07, 6.45) is 6.51. The lowest BCUT2D eigenvalue weighted by Crippen LogP contribution is -2.29. The normalized spacial score (nSPS) is 17.8. The molecule has 174 valence electrons. The molecule has 1 atom stereocenters. The number of carbonyl (C=O) groups is 2. The van der Waals surface area contributed by atoms with Crippen LogP contribution in [0.15, 0.2) is 72.8 Å². The molecule has 1 aliphatic rings. The van der Waals surface area contributed by atoms with E-state index in [4.69, 9.17) is 4.74 Å². The van der Waals surface area contributed by atoms with Gasteiger partial charge >= 0.3 is 0 Å². The van der Waals surface area contributed by atoms with Crippen molar-refractivity contribution in [1.82, 2.24) is 14.9 Å². The number of pyridine rings is 2. The molecule has 7 heteroatoms. The Morgan fingerprint density at radius 2 is 1.79 bits per heavy atom. The summed E-state index contributed by atoms with van der Waals surface area (Å²) in [5, 5.41) is 11.4. The number of likely N-dealkylation sites (tertiary alicyclic amines) is 1. The lowest BCUT2D eigenvalue weighted by atomic mass is 9.84. The second kappa shape index (κ2) is 9.09. The first-order chi connectivity index (χ1) is 16.2. The number of aliphatic hydroxyl groups excluding tert-OH is 1. The third-order valence-electron chi connectivity index (χ3n) is 5.92. The van der Waals surface area contributed by atoms with E-state index < -0.39 is 17.7 Å². The Hall–Kier alpha value is -4.00. The zero-order chi connectivity index (χ0) is 24.5. The molecule has 2 aromatic heterocycles. The topological polar surface area (TPSA) is 92.6 Å². The first-order valence-electron chi connectivity index (χ1n) is 11.0. The number of aromatic nitrogens is 2. The van der Waals surface area contributed by atoms with Crippen LogP contribution in [0.3, 0.4) is 0 Å². The molecule has 0 bridgehead atoms. The molecular weight excluding hydrogens is 430 g/mol. The monoisotopic (exact) mass is 457 g/mol. The SMILES string of the molecule is COc1ccc(/C(O)=C2/C(=O)C(=O)N(Cc3cccnc3)C2c2ccncc2)cc1C(C)(C)C. The molecule has 1 saturated heterocycles. The predicted octanol–water partition coefficient (Wildman–Crippen LogP) is 4.40. The van der Waals surface area contributed by atoms with Crippen molar-refractivity contribution in [3.8, 4) is 5.75 Å². The van der Waals surface area contributed by atoms with Gasteiger partial charge in [0.1, 0.15) is 11.5 Å². The number of Topliss-reactive ketones (excluding diaryl/α,β-unsaturated/α-hetero) is 1. The van der Waals surface area contributed by atoms with E-state index in [-0.39, 0.29) is 23.3 Å². The molecule has 0 aliphatic carbocycles. The van der Waals surface area contributed by atoms with Crippen LogP contribution in [0.2, 0.25) is 0 Å². The maximum absolute atomic E-state index is 13.2. The number of nitrogens with zero attached hydrogens (tertiary/aromatic N) is 3. The molecule has 1 amide bonds. The molecule has 0 spiro atoms. The first kappa shape index (κ1) is 23.2. The maximum Gasteiger partial charge on any atom is 0.295 e. The molecule has 1 aromatic carbocycles. The van der Waals surface area contributed by atoms with Crippen molar-refractivity contribution in [2.45, 2.75) is 38.8 Å². The van der Waals surface area contributed by atoms with Gasteiger partial charge in [0.05, 0.1) is 18.7 Å². The van der Waals surface area contributed by atoms with Gasteiger partial charge in [-0.05, 0) is 52.9 Å². The summed E-state index contributed by atoms with van der Waals surface area (Å²) in [6, 6.07) is 11.6. The summed E-state index contributed by atoms with van der Waals surface area (Å²) >= 11 is 0. The summed E-state index contributed by atoms with van der Waals surface area (Å²) < 4.78 is 5.50. The average Bonchev–Trinajstić information content (AvgIpc) is 3.08. The standard InChI is InChI=1S/C27H27N3O4/c1-27(2,3)20-14-19(7-8-21(20)34-4)24(31)22-23(18-9-12-28-13-10-18)30(26(33)25(22)32)16-17-6-5-11-29-15-17/h5-15,23,31H,16H2,1-4H3/b24-22-. The molecule has 4 rings (SSSR count). The second-order valence-corrected chi connectivity index (χ2v) is 9.23. The number of methoxy groups -OCH3 is 1. The minimum atomic E-state index is -0.761. The number of amides is 1. The van der Waals surface area contributed by atoms with E-state index in [1.807, 2.05) is 32.9 Å². The smallest absolute Gasteiger partial charge is 0.295 e. The van der Waals surface area contributed by atoms with Crippen LogP contribution >= 0.6 is 0 Å². The summed E-state index contributed by atoms with van der Waals surface area (Å²) in [4.78, 5) is 36.0. The van der Waals surface area contributed by atoms with Crippen LogP contribution < -0.4 is 4.74 Å². The van der Waals surface area contributed by atoms with Gasteiger partial charge in [-0.1, -0.05) is 26.8 Å². The van der Waals surface area contributed by atoms with Gasteiger partial charge in [0.25, 0.3) is 11.7 Å². The lowest BCUT2D eigenvalue weighted by Gasteiger charge is -2.26. The molecular formula is C27H27N3O4. The highest BCUT2D eigenvalue weighted by Gasteiger charge is 2.46. The van der Waals surface area contributed by atoms with Crippen LogP contribution in [0.25, 0.3) is 5.76 Å². The fourth-order valence-electron chi connectivity index (χ4n) is 4.22. The van der Waals surface area contributed by atoms with E-state index in [1.54, 1.807) is 62.2 Å². The minimum absolute atomic E-state index is 0.0464. The second-order valence-electron chi connectivity index (χ2n) is 9.23. The number of ketones is 1. The van der Waals surface area contributed by atoms with Crippen molar-refractivity contribution >= 4 is 17.4 Å². The number of rotatable bonds is 5. The van der Waals surface area contributed by atoms with Gasteiger partial charge in [0, 0.05) is 42.5 Å². The molecule has 34 heavy (non-hydrogen) atoms. The fourth-order valence-corrected chi connectivity index (χ4v) is 4.22. The molecule has 7 nitrogen and oxygen atoms in total. The number of hydrogen-bond donors (Lipinski definition) is 1. The van der Waals surface area contributed by atoms with Gasteiger partial charge < -0.3 is 14.7 Å². The number of carbonyl (C=O) groups excluding carboxylic acids is 2. The van der Waals surface area contributed by atoms with Crippen LogP contribution in [0.5, 0.6) is 5.75 Å². The van der Waals surface area contributed by atoms with Crippen molar-refractivity contribution in [3.05, 3.63) is 95.1 Å². The highest BCUT2D eigenvalue weighted by atomic mass is 16.5. The molecule has 1 aliphatic heterocycles. The van der Waals surface area contributed by atoms with E-state index in [0.717, 1.165) is 11.1 Å². The van der Waals surface area contributed by atoms with E-state index in [2.05, 4.69) is 9.97 Å². The molecule has 0 radical (unpaired) electrons. The Balaban J connectivity index is 1.88. The fraction of sp³-hybridized carbons (Fsp3) is 0.259. The molecule has 0 saturated carbocycles. The Morgan fingerprint density at radius 3 is 2.41 bits per heavy atom. The Labute approximate surface area is 198 Å². The zero-order valence-corrected chi connectivity index (χ0v) is 19.6. The Kier molecular flexibility index (Phi) is 6.20. The van der Waals surface area contributed by atoms with Crippen LogP contribution in [0.4, 0.5) is 0 Å². The van der Waals surface area contributed by atoms with Crippen LogP contribution in [0, 0.1) is 0 Å². The minimum Gasteiger partial charge on any atom is -0.507 e. The number of ether oxygens (including phenoxy) is 1. The Morgan fingerprint density at radius 1 is 1.06 bits per heavy atom. The van der Waals surface area contributed by atoms with E-state index >= 15 is 0 Å². The molecule has 1 N–H and O–H groups in total. The average molecular weight is 458 g/mol. The third-order valence-corrected chi connectivity index (χ3v) is 5.92. The van der Waals surface area contributed by atoms with Gasteiger partial charge in [0.2, 0.25) is 0 Å². The van der Waals surface area contributed by atoms with E-state index in [1.165, 1.54) is 4.90 Å². The third kappa shape index (κ3) is 4.29. The summed E-state index contributed by atoms with van der Waals surface area (Å²) in [7, 11) is 1.59. The highest BCUT2D eigenvalue weighted by molar-refractivity contribution is 6.46. The number of benzene rings is 1. The molecule has 3 heterocycles. The van der Waals surface area contributed by atoms with Gasteiger partial charge in [0.15, 0.2) is 0 Å². The summed E-state index contributed by atoms with van der Waals surface area (Å²) in [5.74, 6) is -0.929. The first-order valence-corrected chi connectivity index (χ1v) is 11.0. The molecule has 1 fully saturated rings. The Bertz CT molecular complexity index is 1250. The van der Waals surface area contributed by atoms with E-state index in [0.29, 0.717) is 16.9 Å². The van der Waals surface area contributed by atoms with Crippen LogP contribution in [-0.4, -0.2) is 38.8 Å². The zero-order valence-electron chi connectivity index (χ0n) is 19.6. The quantitative estimate of drug-likeness (QED) is 0.347.